The quantitative estimate of drug-likeness (QED) is 0.849. The summed E-state index contributed by atoms with van der Waals surface area (Å²) in [7, 11) is 2.14. The number of thiazole rings is 1. The average molecular weight is 295 g/mol. The Hall–Kier alpha value is -0.750. The second kappa shape index (κ2) is 7.14. The first-order valence-electron chi connectivity index (χ1n) is 6.50. The van der Waals surface area contributed by atoms with Crippen molar-refractivity contribution in [1.29, 1.82) is 0 Å². The Bertz CT molecular complexity index is 477. The molecule has 0 bridgehead atoms. The van der Waals surface area contributed by atoms with Crippen LogP contribution in [0.2, 0.25) is 0 Å². The molecule has 0 spiro atoms. The van der Waals surface area contributed by atoms with Crippen LogP contribution in [0.3, 0.4) is 0 Å². The highest BCUT2D eigenvalue weighted by molar-refractivity contribution is 7.11. The van der Waals surface area contributed by atoms with Gasteiger partial charge in [-0.15, -0.1) is 22.7 Å². The SMILES string of the molecule is CC(C)NCc1ccc(CN(C)Cc2cscn2)s1. The van der Waals surface area contributed by atoms with E-state index in [1.54, 1.807) is 11.3 Å². The number of thiophene rings is 1. The third-order valence-corrected chi connectivity index (χ3v) is 4.45. The van der Waals surface area contributed by atoms with Gasteiger partial charge in [-0.1, -0.05) is 13.8 Å². The van der Waals surface area contributed by atoms with Gasteiger partial charge >= 0.3 is 0 Å². The van der Waals surface area contributed by atoms with E-state index in [1.807, 2.05) is 16.8 Å². The van der Waals surface area contributed by atoms with Crippen molar-refractivity contribution in [3.63, 3.8) is 0 Å². The van der Waals surface area contributed by atoms with Crippen LogP contribution in [0.5, 0.6) is 0 Å². The van der Waals surface area contributed by atoms with Gasteiger partial charge in [-0.25, -0.2) is 4.98 Å². The molecule has 0 atom stereocenters. The van der Waals surface area contributed by atoms with Crippen molar-refractivity contribution >= 4 is 22.7 Å². The zero-order valence-corrected chi connectivity index (χ0v) is 13.4. The Morgan fingerprint density at radius 2 is 2.05 bits per heavy atom. The summed E-state index contributed by atoms with van der Waals surface area (Å²) in [5.74, 6) is 0. The van der Waals surface area contributed by atoms with Gasteiger partial charge in [0.05, 0.1) is 11.2 Å². The van der Waals surface area contributed by atoms with E-state index in [0.29, 0.717) is 6.04 Å². The molecule has 104 valence electrons. The molecular weight excluding hydrogens is 274 g/mol. The zero-order valence-electron chi connectivity index (χ0n) is 11.7. The monoisotopic (exact) mass is 295 g/mol. The predicted octanol–water partition coefficient (Wildman–Crippen LogP) is 3.33. The van der Waals surface area contributed by atoms with Crippen LogP contribution in [-0.2, 0) is 19.6 Å². The highest BCUT2D eigenvalue weighted by atomic mass is 32.1. The summed E-state index contributed by atoms with van der Waals surface area (Å²) in [4.78, 5) is 9.45. The molecule has 19 heavy (non-hydrogen) atoms. The van der Waals surface area contributed by atoms with E-state index < -0.39 is 0 Å². The van der Waals surface area contributed by atoms with Crippen molar-refractivity contribution in [3.8, 4) is 0 Å². The van der Waals surface area contributed by atoms with Crippen molar-refractivity contribution in [2.24, 2.45) is 0 Å². The Morgan fingerprint density at radius 3 is 2.74 bits per heavy atom. The molecule has 0 saturated heterocycles. The van der Waals surface area contributed by atoms with E-state index >= 15 is 0 Å². The molecule has 0 aliphatic carbocycles. The molecule has 0 unspecified atom stereocenters. The summed E-state index contributed by atoms with van der Waals surface area (Å²) in [6.07, 6.45) is 0. The number of rotatable bonds is 7. The maximum Gasteiger partial charge on any atom is 0.0795 e. The summed E-state index contributed by atoms with van der Waals surface area (Å²) in [5, 5.41) is 5.57. The molecule has 0 radical (unpaired) electrons. The van der Waals surface area contributed by atoms with Gasteiger partial charge in [-0.05, 0) is 19.2 Å². The van der Waals surface area contributed by atoms with E-state index in [4.69, 9.17) is 0 Å². The zero-order chi connectivity index (χ0) is 13.7. The van der Waals surface area contributed by atoms with E-state index in [2.05, 4.69) is 53.6 Å². The first-order chi connectivity index (χ1) is 9.13. The van der Waals surface area contributed by atoms with Gasteiger partial charge in [0.1, 0.15) is 0 Å². The summed E-state index contributed by atoms with van der Waals surface area (Å²) in [6, 6.07) is 5.00. The van der Waals surface area contributed by atoms with E-state index in [0.717, 1.165) is 25.3 Å². The summed E-state index contributed by atoms with van der Waals surface area (Å²) in [5.41, 5.74) is 3.05. The third kappa shape index (κ3) is 5.03. The van der Waals surface area contributed by atoms with E-state index in [1.165, 1.54) is 9.75 Å². The maximum atomic E-state index is 4.32. The van der Waals surface area contributed by atoms with Crippen molar-refractivity contribution < 1.29 is 0 Å². The van der Waals surface area contributed by atoms with Crippen molar-refractivity contribution in [2.75, 3.05) is 7.05 Å². The van der Waals surface area contributed by atoms with Crippen LogP contribution in [0.15, 0.2) is 23.0 Å². The molecule has 2 aromatic heterocycles. The average Bonchev–Trinajstić information content (AvgIpc) is 2.98. The minimum absolute atomic E-state index is 0.540. The van der Waals surface area contributed by atoms with Gasteiger partial charge in [0.15, 0.2) is 0 Å². The maximum absolute atomic E-state index is 4.32. The van der Waals surface area contributed by atoms with Gasteiger partial charge in [0.2, 0.25) is 0 Å². The molecule has 2 aromatic rings. The molecule has 0 amide bonds. The molecule has 5 heteroatoms. The van der Waals surface area contributed by atoms with Crippen LogP contribution < -0.4 is 5.32 Å². The molecule has 0 saturated carbocycles. The highest BCUT2D eigenvalue weighted by Crippen LogP contribution is 2.18. The Labute approximate surface area is 123 Å². The highest BCUT2D eigenvalue weighted by Gasteiger charge is 2.06. The molecule has 2 heterocycles. The third-order valence-electron chi connectivity index (χ3n) is 2.74. The molecule has 1 N–H and O–H groups in total. The molecule has 2 rings (SSSR count). The fourth-order valence-electron chi connectivity index (χ4n) is 1.82. The first-order valence-corrected chi connectivity index (χ1v) is 8.26. The summed E-state index contributed by atoms with van der Waals surface area (Å²) in [6.45, 7) is 7.23. The largest absolute Gasteiger partial charge is 0.310 e. The Kier molecular flexibility index (Phi) is 5.51. The number of hydrogen-bond acceptors (Lipinski definition) is 5. The number of aromatic nitrogens is 1. The number of nitrogens with zero attached hydrogens (tertiary/aromatic N) is 2. The minimum Gasteiger partial charge on any atom is -0.310 e. The van der Waals surface area contributed by atoms with Crippen molar-refractivity contribution in [1.82, 2.24) is 15.2 Å². The summed E-state index contributed by atoms with van der Waals surface area (Å²) >= 11 is 3.55. The lowest BCUT2D eigenvalue weighted by Gasteiger charge is -2.13. The smallest absolute Gasteiger partial charge is 0.0795 e. The molecule has 0 aliphatic heterocycles. The Morgan fingerprint density at radius 1 is 1.26 bits per heavy atom. The fourth-order valence-corrected chi connectivity index (χ4v) is 3.42. The lowest BCUT2D eigenvalue weighted by atomic mass is 10.3. The standard InChI is InChI=1S/C14H21N3S2/c1-11(2)15-6-13-4-5-14(19-13)8-17(3)7-12-9-18-10-16-12/h4-5,9-11,15H,6-8H2,1-3H3. The van der Waals surface area contributed by atoms with Crippen LogP contribution in [-0.4, -0.2) is 23.0 Å². The van der Waals surface area contributed by atoms with E-state index in [-0.39, 0.29) is 0 Å². The predicted molar refractivity (Wildman–Crippen MR) is 83.6 cm³/mol. The number of nitrogens with one attached hydrogen (secondary N) is 1. The second-order valence-corrected chi connectivity index (χ2v) is 7.03. The normalized spacial score (nSPS) is 11.6. The van der Waals surface area contributed by atoms with Gasteiger partial charge in [0, 0.05) is 40.8 Å². The minimum atomic E-state index is 0.540. The van der Waals surface area contributed by atoms with Crippen molar-refractivity contribution in [2.45, 2.75) is 39.5 Å². The van der Waals surface area contributed by atoms with Crippen molar-refractivity contribution in [3.05, 3.63) is 38.5 Å². The van der Waals surface area contributed by atoms with Crippen LogP contribution >= 0.6 is 22.7 Å². The molecule has 0 fully saturated rings. The van der Waals surface area contributed by atoms with Crippen LogP contribution in [0.4, 0.5) is 0 Å². The topological polar surface area (TPSA) is 28.2 Å². The lowest BCUT2D eigenvalue weighted by Crippen LogP contribution is -2.21. The number of hydrogen-bond donors (Lipinski definition) is 1. The van der Waals surface area contributed by atoms with Gasteiger partial charge in [0.25, 0.3) is 0 Å². The second-order valence-electron chi connectivity index (χ2n) is 5.06. The van der Waals surface area contributed by atoms with Gasteiger partial charge in [-0.2, -0.15) is 0 Å². The summed E-state index contributed by atoms with van der Waals surface area (Å²) < 4.78 is 0. The first kappa shape index (κ1) is 14.7. The molecule has 0 aromatic carbocycles. The Balaban J connectivity index is 1.82. The lowest BCUT2D eigenvalue weighted by molar-refractivity contribution is 0.318. The van der Waals surface area contributed by atoms with Gasteiger partial charge in [-0.3, -0.25) is 4.90 Å². The molecule has 0 aliphatic rings. The van der Waals surface area contributed by atoms with Gasteiger partial charge < -0.3 is 5.32 Å². The molecular formula is C14H21N3S2. The van der Waals surface area contributed by atoms with Crippen LogP contribution in [0.1, 0.15) is 29.3 Å². The van der Waals surface area contributed by atoms with Crippen LogP contribution in [0.25, 0.3) is 0 Å². The van der Waals surface area contributed by atoms with Crippen LogP contribution in [0, 0.1) is 0 Å². The molecule has 3 nitrogen and oxygen atoms in total. The fraction of sp³-hybridized carbons (Fsp3) is 0.500. The van der Waals surface area contributed by atoms with E-state index in [9.17, 15) is 0 Å².